The highest BCUT2D eigenvalue weighted by Crippen LogP contribution is 2.27. The average molecular weight is 255 g/mol. The van der Waals surface area contributed by atoms with Crippen LogP contribution in [-0.4, -0.2) is 15.8 Å². The van der Waals surface area contributed by atoms with Gasteiger partial charge in [-0.2, -0.15) is 0 Å². The number of rotatable bonds is 3. The second kappa shape index (κ2) is 4.68. The molecular formula is C11H8Cl2N2O. The first-order valence-corrected chi connectivity index (χ1v) is 5.35. The summed E-state index contributed by atoms with van der Waals surface area (Å²) < 4.78 is 1.68. The summed E-state index contributed by atoms with van der Waals surface area (Å²) in [6.45, 7) is 0. The van der Waals surface area contributed by atoms with Gasteiger partial charge >= 0.3 is 0 Å². The summed E-state index contributed by atoms with van der Waals surface area (Å²) in [5.74, 6) is 0. The van der Waals surface area contributed by atoms with E-state index in [0.717, 1.165) is 6.29 Å². The Morgan fingerprint density at radius 2 is 2.19 bits per heavy atom. The van der Waals surface area contributed by atoms with Crippen LogP contribution in [0.4, 0.5) is 0 Å². The first-order valence-electron chi connectivity index (χ1n) is 4.60. The monoisotopic (exact) mass is 254 g/mol. The third-order valence-corrected chi connectivity index (χ3v) is 2.82. The number of halogens is 2. The highest BCUT2D eigenvalue weighted by Gasteiger charge is 2.15. The number of aldehydes is 1. The SMILES string of the molecule is O=CC(c1ccc(Cl)cc1Cl)n1ccnc1. The molecule has 3 nitrogen and oxygen atoms in total. The van der Waals surface area contributed by atoms with Crippen molar-refractivity contribution in [3.8, 4) is 0 Å². The predicted octanol–water partition coefficient (Wildman–Crippen LogP) is 2.98. The van der Waals surface area contributed by atoms with E-state index in [1.54, 1.807) is 41.5 Å². The van der Waals surface area contributed by atoms with Crippen molar-refractivity contribution in [1.29, 1.82) is 0 Å². The molecule has 0 aliphatic heterocycles. The van der Waals surface area contributed by atoms with Crippen molar-refractivity contribution >= 4 is 29.5 Å². The van der Waals surface area contributed by atoms with E-state index in [1.807, 2.05) is 0 Å². The van der Waals surface area contributed by atoms with Crippen LogP contribution in [0.15, 0.2) is 36.9 Å². The third kappa shape index (κ3) is 2.10. The summed E-state index contributed by atoms with van der Waals surface area (Å²) in [7, 11) is 0. The van der Waals surface area contributed by atoms with Crippen LogP contribution < -0.4 is 0 Å². The summed E-state index contributed by atoms with van der Waals surface area (Å²) in [5, 5.41) is 1.02. The van der Waals surface area contributed by atoms with Gasteiger partial charge in [-0.25, -0.2) is 4.98 Å². The molecule has 1 unspecified atom stereocenters. The minimum absolute atomic E-state index is 0.465. The van der Waals surface area contributed by atoms with Gasteiger partial charge in [0.25, 0.3) is 0 Å². The lowest BCUT2D eigenvalue weighted by Crippen LogP contribution is -2.10. The van der Waals surface area contributed by atoms with E-state index in [1.165, 1.54) is 0 Å². The molecule has 5 heteroatoms. The second-order valence-electron chi connectivity index (χ2n) is 3.26. The Morgan fingerprint density at radius 3 is 2.75 bits per heavy atom. The zero-order valence-corrected chi connectivity index (χ0v) is 9.69. The van der Waals surface area contributed by atoms with Crippen LogP contribution in [0.5, 0.6) is 0 Å². The van der Waals surface area contributed by atoms with Gasteiger partial charge in [-0.3, -0.25) is 0 Å². The average Bonchev–Trinajstić information content (AvgIpc) is 2.75. The van der Waals surface area contributed by atoms with E-state index < -0.39 is 6.04 Å². The van der Waals surface area contributed by atoms with Crippen LogP contribution in [0.2, 0.25) is 10.0 Å². The molecule has 16 heavy (non-hydrogen) atoms. The summed E-state index contributed by atoms with van der Waals surface area (Å²) >= 11 is 11.8. The van der Waals surface area contributed by atoms with Gasteiger partial charge in [0.2, 0.25) is 0 Å². The lowest BCUT2D eigenvalue weighted by molar-refractivity contribution is -0.109. The van der Waals surface area contributed by atoms with Gasteiger partial charge in [0.15, 0.2) is 0 Å². The number of carbonyl (C=O) groups excluding carboxylic acids is 1. The molecule has 0 fully saturated rings. The molecule has 1 aromatic carbocycles. The molecule has 1 heterocycles. The largest absolute Gasteiger partial charge is 0.323 e. The number of hydrogen-bond donors (Lipinski definition) is 0. The van der Waals surface area contributed by atoms with E-state index in [9.17, 15) is 4.79 Å². The van der Waals surface area contributed by atoms with Crippen LogP contribution in [0, 0.1) is 0 Å². The van der Waals surface area contributed by atoms with Crippen molar-refractivity contribution in [3.05, 3.63) is 52.5 Å². The number of nitrogens with zero attached hydrogens (tertiary/aromatic N) is 2. The van der Waals surface area contributed by atoms with Crippen LogP contribution in [0.1, 0.15) is 11.6 Å². The molecule has 0 N–H and O–H groups in total. The number of imidazole rings is 1. The van der Waals surface area contributed by atoms with Crippen molar-refractivity contribution in [3.63, 3.8) is 0 Å². The van der Waals surface area contributed by atoms with Gasteiger partial charge in [0, 0.05) is 28.0 Å². The standard InChI is InChI=1S/C11H8Cl2N2O/c12-8-1-2-9(10(13)5-8)11(6-16)15-4-3-14-7-15/h1-7,11H. The van der Waals surface area contributed by atoms with E-state index in [4.69, 9.17) is 23.2 Å². The van der Waals surface area contributed by atoms with Gasteiger partial charge in [-0.05, 0) is 12.1 Å². The van der Waals surface area contributed by atoms with Crippen molar-refractivity contribution in [2.24, 2.45) is 0 Å². The maximum atomic E-state index is 11.1. The zero-order valence-electron chi connectivity index (χ0n) is 8.18. The highest BCUT2D eigenvalue weighted by molar-refractivity contribution is 6.35. The van der Waals surface area contributed by atoms with E-state index in [0.29, 0.717) is 15.6 Å². The minimum atomic E-state index is -0.465. The quantitative estimate of drug-likeness (QED) is 0.790. The third-order valence-electron chi connectivity index (χ3n) is 2.26. The second-order valence-corrected chi connectivity index (χ2v) is 4.10. The van der Waals surface area contributed by atoms with Crippen molar-refractivity contribution in [2.45, 2.75) is 6.04 Å². The Hall–Kier alpha value is -1.32. The molecule has 0 aliphatic carbocycles. The van der Waals surface area contributed by atoms with Gasteiger partial charge in [-0.15, -0.1) is 0 Å². The molecule has 0 aliphatic rings. The summed E-state index contributed by atoms with van der Waals surface area (Å²) in [6, 6.07) is 4.60. The Kier molecular flexibility index (Phi) is 3.27. The number of aromatic nitrogens is 2. The normalized spacial score (nSPS) is 12.4. The molecule has 0 spiro atoms. The predicted molar refractivity (Wildman–Crippen MR) is 62.9 cm³/mol. The first kappa shape index (κ1) is 11.2. The highest BCUT2D eigenvalue weighted by atomic mass is 35.5. The van der Waals surface area contributed by atoms with E-state index in [2.05, 4.69) is 4.98 Å². The van der Waals surface area contributed by atoms with Crippen LogP contribution in [0.25, 0.3) is 0 Å². The van der Waals surface area contributed by atoms with Crippen LogP contribution in [-0.2, 0) is 4.79 Å². The maximum Gasteiger partial charge on any atom is 0.147 e. The molecule has 0 radical (unpaired) electrons. The molecule has 0 bridgehead atoms. The van der Waals surface area contributed by atoms with Crippen molar-refractivity contribution in [1.82, 2.24) is 9.55 Å². The molecular weight excluding hydrogens is 247 g/mol. The number of benzene rings is 1. The molecule has 0 saturated heterocycles. The number of hydrogen-bond acceptors (Lipinski definition) is 2. The van der Waals surface area contributed by atoms with Gasteiger partial charge < -0.3 is 9.36 Å². The van der Waals surface area contributed by atoms with Gasteiger partial charge in [-0.1, -0.05) is 29.3 Å². The van der Waals surface area contributed by atoms with E-state index >= 15 is 0 Å². The van der Waals surface area contributed by atoms with Crippen molar-refractivity contribution in [2.75, 3.05) is 0 Å². The summed E-state index contributed by atoms with van der Waals surface area (Å²) in [5.41, 5.74) is 0.707. The molecule has 1 aromatic heterocycles. The molecule has 2 rings (SSSR count). The maximum absolute atomic E-state index is 11.1. The molecule has 82 valence electrons. The van der Waals surface area contributed by atoms with E-state index in [-0.39, 0.29) is 0 Å². The first-order chi connectivity index (χ1) is 7.72. The van der Waals surface area contributed by atoms with Crippen LogP contribution >= 0.6 is 23.2 Å². The summed E-state index contributed by atoms with van der Waals surface area (Å²) in [4.78, 5) is 15.0. The zero-order chi connectivity index (χ0) is 11.5. The smallest absolute Gasteiger partial charge is 0.147 e. The molecule has 1 atom stereocenters. The number of carbonyl (C=O) groups is 1. The van der Waals surface area contributed by atoms with Gasteiger partial charge in [0.05, 0.1) is 6.33 Å². The Balaban J connectivity index is 2.45. The lowest BCUT2D eigenvalue weighted by Gasteiger charge is -2.13. The fourth-order valence-electron chi connectivity index (χ4n) is 1.48. The lowest BCUT2D eigenvalue weighted by atomic mass is 10.1. The summed E-state index contributed by atoms with van der Waals surface area (Å²) in [6.07, 6.45) is 5.71. The topological polar surface area (TPSA) is 34.9 Å². The molecule has 0 amide bonds. The Bertz CT molecular complexity index is 497. The fourth-order valence-corrected chi connectivity index (χ4v) is 2.00. The van der Waals surface area contributed by atoms with Crippen LogP contribution in [0.3, 0.4) is 0 Å². The van der Waals surface area contributed by atoms with Gasteiger partial charge in [0.1, 0.15) is 12.3 Å². The molecule has 0 saturated carbocycles. The van der Waals surface area contributed by atoms with Crippen molar-refractivity contribution < 1.29 is 4.79 Å². The Morgan fingerprint density at radius 1 is 1.38 bits per heavy atom. The minimum Gasteiger partial charge on any atom is -0.323 e. The molecule has 2 aromatic rings. The Labute approximate surface area is 103 Å². The fraction of sp³-hybridized carbons (Fsp3) is 0.0909.